The highest BCUT2D eigenvalue weighted by atomic mass is 16.5. The van der Waals surface area contributed by atoms with E-state index in [0.29, 0.717) is 35.0 Å². The van der Waals surface area contributed by atoms with E-state index in [0.717, 1.165) is 5.56 Å². The zero-order chi connectivity index (χ0) is 24.9. The van der Waals surface area contributed by atoms with Crippen molar-refractivity contribution in [1.29, 1.82) is 0 Å². The van der Waals surface area contributed by atoms with Crippen LogP contribution in [0.15, 0.2) is 78.4 Å². The minimum atomic E-state index is -0.802. The Bertz CT molecular complexity index is 1260. The predicted octanol–water partition coefficient (Wildman–Crippen LogP) is 4.72. The molecule has 0 radical (unpaired) electrons. The van der Waals surface area contributed by atoms with Crippen molar-refractivity contribution in [2.45, 2.75) is 19.5 Å². The highest BCUT2D eigenvalue weighted by molar-refractivity contribution is 6.46. The van der Waals surface area contributed by atoms with Gasteiger partial charge in [0.15, 0.2) is 0 Å². The molecule has 0 aliphatic carbocycles. The van der Waals surface area contributed by atoms with Crippen molar-refractivity contribution in [3.63, 3.8) is 0 Å². The van der Waals surface area contributed by atoms with Crippen LogP contribution in [0.3, 0.4) is 0 Å². The Morgan fingerprint density at radius 2 is 1.57 bits per heavy atom. The first kappa shape index (κ1) is 23.9. The van der Waals surface area contributed by atoms with E-state index in [1.54, 1.807) is 55.6 Å². The smallest absolute Gasteiger partial charge is 0.295 e. The molecule has 7 nitrogen and oxygen atoms in total. The summed E-state index contributed by atoms with van der Waals surface area (Å²) in [6.45, 7) is 2.53. The van der Waals surface area contributed by atoms with E-state index in [1.807, 2.05) is 31.2 Å². The second-order valence-corrected chi connectivity index (χ2v) is 8.01. The molecule has 0 aromatic heterocycles. The molecule has 1 atom stereocenters. The number of rotatable bonds is 8. The number of nitrogens with zero attached hydrogens (tertiary/aromatic N) is 1. The van der Waals surface area contributed by atoms with E-state index < -0.39 is 17.7 Å². The van der Waals surface area contributed by atoms with Crippen LogP contribution in [0.4, 0.5) is 0 Å². The largest absolute Gasteiger partial charge is 0.507 e. The molecule has 1 fully saturated rings. The number of ketones is 1. The van der Waals surface area contributed by atoms with Gasteiger partial charge in [-0.05, 0) is 54.4 Å². The lowest BCUT2D eigenvalue weighted by Gasteiger charge is -2.26. The van der Waals surface area contributed by atoms with Gasteiger partial charge in [0, 0.05) is 12.1 Å². The first-order valence-corrected chi connectivity index (χ1v) is 11.2. The first-order valence-electron chi connectivity index (χ1n) is 11.2. The molecule has 3 aromatic carbocycles. The average Bonchev–Trinajstić information content (AvgIpc) is 3.14. The molecule has 1 saturated heterocycles. The van der Waals surface area contributed by atoms with Gasteiger partial charge in [-0.15, -0.1) is 0 Å². The van der Waals surface area contributed by atoms with E-state index in [4.69, 9.17) is 14.2 Å². The Morgan fingerprint density at radius 1 is 0.886 bits per heavy atom. The summed E-state index contributed by atoms with van der Waals surface area (Å²) < 4.78 is 16.1. The monoisotopic (exact) mass is 473 g/mol. The molecule has 1 aliphatic rings. The summed E-state index contributed by atoms with van der Waals surface area (Å²) in [5, 5.41) is 11.3. The van der Waals surface area contributed by atoms with Crippen molar-refractivity contribution in [2.24, 2.45) is 0 Å². The summed E-state index contributed by atoms with van der Waals surface area (Å²) in [6.07, 6.45) is 0. The number of carbonyl (C=O) groups is 2. The van der Waals surface area contributed by atoms with Gasteiger partial charge in [0.25, 0.3) is 11.7 Å². The van der Waals surface area contributed by atoms with E-state index in [9.17, 15) is 14.7 Å². The SMILES string of the molecule is CCOc1cccc(C2/C(=C(/O)c3cccc(OC)c3)C(=O)C(=O)N2Cc2ccc(OC)cc2)c1. The normalized spacial score (nSPS) is 16.9. The topological polar surface area (TPSA) is 85.3 Å². The van der Waals surface area contributed by atoms with Crippen molar-refractivity contribution in [3.05, 3.63) is 95.1 Å². The molecule has 1 N–H and O–H groups in total. The molecule has 180 valence electrons. The number of aliphatic hydroxyl groups excluding tert-OH is 1. The Labute approximate surface area is 204 Å². The van der Waals surface area contributed by atoms with Gasteiger partial charge in [-0.2, -0.15) is 0 Å². The molecular formula is C28H27NO6. The van der Waals surface area contributed by atoms with E-state index >= 15 is 0 Å². The van der Waals surface area contributed by atoms with Gasteiger partial charge in [0.2, 0.25) is 0 Å². The third-order valence-electron chi connectivity index (χ3n) is 5.88. The molecule has 1 aliphatic heterocycles. The minimum absolute atomic E-state index is 0.0189. The maximum absolute atomic E-state index is 13.3. The number of likely N-dealkylation sites (tertiary alicyclic amines) is 1. The van der Waals surface area contributed by atoms with Crippen LogP contribution in [0.25, 0.3) is 5.76 Å². The standard InChI is InChI=1S/C28H27NO6/c1-4-35-23-10-5-7-19(15-23)25-24(26(30)20-8-6-9-22(16-20)34-3)27(31)28(32)29(25)17-18-11-13-21(33-2)14-12-18/h5-16,25,30H,4,17H2,1-3H3/b26-24-. The van der Waals surface area contributed by atoms with E-state index in [1.165, 1.54) is 12.0 Å². The van der Waals surface area contributed by atoms with Crippen LogP contribution in [-0.2, 0) is 16.1 Å². The number of hydrogen-bond donors (Lipinski definition) is 1. The highest BCUT2D eigenvalue weighted by Crippen LogP contribution is 2.41. The van der Waals surface area contributed by atoms with Crippen LogP contribution in [0.1, 0.15) is 29.7 Å². The number of amides is 1. The Morgan fingerprint density at radius 3 is 2.26 bits per heavy atom. The van der Waals surface area contributed by atoms with Crippen molar-refractivity contribution in [1.82, 2.24) is 4.90 Å². The van der Waals surface area contributed by atoms with Gasteiger partial charge in [0.05, 0.1) is 32.4 Å². The van der Waals surface area contributed by atoms with Crippen molar-refractivity contribution < 1.29 is 28.9 Å². The Balaban J connectivity index is 1.84. The molecule has 7 heteroatoms. The molecular weight excluding hydrogens is 446 g/mol. The Kier molecular flexibility index (Phi) is 7.06. The zero-order valence-corrected chi connectivity index (χ0v) is 19.9. The number of hydrogen-bond acceptors (Lipinski definition) is 6. The van der Waals surface area contributed by atoms with Gasteiger partial charge in [-0.1, -0.05) is 36.4 Å². The van der Waals surface area contributed by atoms with Gasteiger partial charge >= 0.3 is 0 Å². The second-order valence-electron chi connectivity index (χ2n) is 8.01. The van der Waals surface area contributed by atoms with Crippen molar-refractivity contribution in [3.8, 4) is 17.2 Å². The van der Waals surface area contributed by atoms with Gasteiger partial charge in [-0.25, -0.2) is 0 Å². The summed E-state index contributed by atoms with van der Waals surface area (Å²) in [5.41, 5.74) is 1.89. The fraction of sp³-hybridized carbons (Fsp3) is 0.214. The van der Waals surface area contributed by atoms with Crippen LogP contribution in [-0.4, -0.2) is 42.5 Å². The van der Waals surface area contributed by atoms with Crippen LogP contribution in [0.5, 0.6) is 17.2 Å². The van der Waals surface area contributed by atoms with Crippen LogP contribution >= 0.6 is 0 Å². The van der Waals surface area contributed by atoms with Crippen molar-refractivity contribution in [2.75, 3.05) is 20.8 Å². The molecule has 0 saturated carbocycles. The van der Waals surface area contributed by atoms with Crippen molar-refractivity contribution >= 4 is 17.4 Å². The molecule has 0 spiro atoms. The number of aliphatic hydroxyl groups is 1. The quantitative estimate of drug-likeness (QED) is 0.289. The van der Waals surface area contributed by atoms with Gasteiger partial charge in [0.1, 0.15) is 23.0 Å². The molecule has 0 bridgehead atoms. The summed E-state index contributed by atoms with van der Waals surface area (Å²) in [4.78, 5) is 28.0. The Hall–Kier alpha value is -4.26. The molecule has 1 amide bonds. The summed E-state index contributed by atoms with van der Waals surface area (Å²) in [7, 11) is 3.10. The average molecular weight is 474 g/mol. The zero-order valence-electron chi connectivity index (χ0n) is 19.9. The minimum Gasteiger partial charge on any atom is -0.507 e. The lowest BCUT2D eigenvalue weighted by Crippen LogP contribution is -2.29. The number of benzene rings is 3. The predicted molar refractivity (Wildman–Crippen MR) is 131 cm³/mol. The number of carbonyl (C=O) groups excluding carboxylic acids is 2. The van der Waals surface area contributed by atoms with Crippen LogP contribution in [0.2, 0.25) is 0 Å². The third-order valence-corrected chi connectivity index (χ3v) is 5.88. The molecule has 35 heavy (non-hydrogen) atoms. The fourth-order valence-corrected chi connectivity index (χ4v) is 4.18. The molecule has 4 rings (SSSR count). The second kappa shape index (κ2) is 10.3. The highest BCUT2D eigenvalue weighted by Gasteiger charge is 2.46. The molecule has 3 aromatic rings. The summed E-state index contributed by atoms with van der Waals surface area (Å²) in [5.74, 6) is 0.140. The molecule has 1 unspecified atom stereocenters. The fourth-order valence-electron chi connectivity index (χ4n) is 4.18. The number of Topliss-reactive ketones (excluding diaryl/α,β-unsaturated/α-hetero) is 1. The maximum Gasteiger partial charge on any atom is 0.295 e. The summed E-state index contributed by atoms with van der Waals surface area (Å²) >= 11 is 0. The number of methoxy groups -OCH3 is 2. The summed E-state index contributed by atoms with van der Waals surface area (Å²) in [6, 6.07) is 20.4. The lowest BCUT2D eigenvalue weighted by atomic mass is 9.95. The maximum atomic E-state index is 13.3. The molecule has 1 heterocycles. The van der Waals surface area contributed by atoms with E-state index in [2.05, 4.69) is 0 Å². The van der Waals surface area contributed by atoms with Crippen LogP contribution < -0.4 is 14.2 Å². The van der Waals surface area contributed by atoms with Gasteiger partial charge < -0.3 is 24.2 Å². The first-order chi connectivity index (χ1) is 17.0. The lowest BCUT2D eigenvalue weighted by molar-refractivity contribution is -0.140. The van der Waals surface area contributed by atoms with Gasteiger partial charge in [-0.3, -0.25) is 9.59 Å². The van der Waals surface area contributed by atoms with Crippen LogP contribution in [0, 0.1) is 0 Å². The van der Waals surface area contributed by atoms with E-state index in [-0.39, 0.29) is 17.9 Å². The third kappa shape index (κ3) is 4.84. The number of ether oxygens (including phenoxy) is 3.